The molecular weight excluding hydrogens is 209 g/mol. The Kier molecular flexibility index (Phi) is 3.63. The van der Waals surface area contributed by atoms with E-state index in [9.17, 15) is 9.18 Å². The smallest absolute Gasteiger partial charge is 0.238 e. The SMILES string of the molecule is COc1c(Cl)cccc1C(F)N=C=O. The summed E-state index contributed by atoms with van der Waals surface area (Å²) in [4.78, 5) is 12.8. The summed E-state index contributed by atoms with van der Waals surface area (Å²) >= 11 is 5.74. The van der Waals surface area contributed by atoms with Gasteiger partial charge in [0.15, 0.2) is 0 Å². The van der Waals surface area contributed by atoms with Crippen LogP contribution < -0.4 is 4.74 Å². The van der Waals surface area contributed by atoms with Gasteiger partial charge in [-0.1, -0.05) is 23.7 Å². The van der Waals surface area contributed by atoms with Gasteiger partial charge in [-0.3, -0.25) is 0 Å². The normalized spacial score (nSPS) is 11.6. The van der Waals surface area contributed by atoms with Crippen LogP contribution in [0.1, 0.15) is 11.9 Å². The summed E-state index contributed by atoms with van der Waals surface area (Å²) in [7, 11) is 1.36. The number of isocyanates is 1. The zero-order chi connectivity index (χ0) is 10.6. The highest BCUT2D eigenvalue weighted by molar-refractivity contribution is 6.32. The highest BCUT2D eigenvalue weighted by atomic mass is 35.5. The van der Waals surface area contributed by atoms with Crippen molar-refractivity contribution in [3.63, 3.8) is 0 Å². The van der Waals surface area contributed by atoms with Gasteiger partial charge < -0.3 is 4.74 Å². The van der Waals surface area contributed by atoms with Crippen molar-refractivity contribution in [3.05, 3.63) is 28.8 Å². The van der Waals surface area contributed by atoms with Crippen LogP contribution in [0.25, 0.3) is 0 Å². The Morgan fingerprint density at radius 3 is 2.93 bits per heavy atom. The van der Waals surface area contributed by atoms with Crippen molar-refractivity contribution >= 4 is 17.7 Å². The summed E-state index contributed by atoms with van der Waals surface area (Å²) in [5, 5.41) is 0.272. The van der Waals surface area contributed by atoms with Crippen LogP contribution in [0.15, 0.2) is 23.2 Å². The summed E-state index contributed by atoms with van der Waals surface area (Å²) in [6.45, 7) is 0. The second kappa shape index (κ2) is 4.74. The molecule has 1 atom stereocenters. The van der Waals surface area contributed by atoms with Crippen LogP contribution in [0.3, 0.4) is 0 Å². The van der Waals surface area contributed by atoms with Gasteiger partial charge in [-0.15, -0.1) is 0 Å². The van der Waals surface area contributed by atoms with Gasteiger partial charge in [-0.2, -0.15) is 4.99 Å². The van der Waals surface area contributed by atoms with Crippen molar-refractivity contribution in [1.29, 1.82) is 0 Å². The van der Waals surface area contributed by atoms with E-state index < -0.39 is 6.30 Å². The fourth-order valence-corrected chi connectivity index (χ4v) is 1.30. The number of halogens is 2. The van der Waals surface area contributed by atoms with Crippen molar-refractivity contribution in [2.24, 2.45) is 4.99 Å². The summed E-state index contributed by atoms with van der Waals surface area (Å²) in [6.07, 6.45) is -0.653. The van der Waals surface area contributed by atoms with Gasteiger partial charge in [0, 0.05) is 0 Å². The standard InChI is InChI=1S/C9H7ClFNO2/c1-14-8-6(9(11)12-5-13)3-2-4-7(8)10/h2-4,9H,1H3. The van der Waals surface area contributed by atoms with Crippen molar-refractivity contribution in [1.82, 2.24) is 0 Å². The third-order valence-electron chi connectivity index (χ3n) is 1.62. The molecule has 1 rings (SSSR count). The molecule has 0 aliphatic carbocycles. The first kappa shape index (κ1) is 10.7. The van der Waals surface area contributed by atoms with Gasteiger partial charge in [0.05, 0.1) is 17.7 Å². The molecule has 0 saturated heterocycles. The van der Waals surface area contributed by atoms with Gasteiger partial charge in [0.1, 0.15) is 5.75 Å². The molecule has 1 unspecified atom stereocenters. The van der Waals surface area contributed by atoms with Gasteiger partial charge in [0.2, 0.25) is 12.4 Å². The number of nitrogens with zero attached hydrogens (tertiary/aromatic N) is 1. The topological polar surface area (TPSA) is 38.7 Å². The molecule has 0 spiro atoms. The first-order valence-corrected chi connectivity index (χ1v) is 4.12. The highest BCUT2D eigenvalue weighted by Crippen LogP contribution is 2.34. The van der Waals surface area contributed by atoms with E-state index >= 15 is 0 Å². The van der Waals surface area contributed by atoms with Crippen molar-refractivity contribution in [2.75, 3.05) is 7.11 Å². The highest BCUT2D eigenvalue weighted by Gasteiger charge is 2.15. The molecule has 14 heavy (non-hydrogen) atoms. The number of methoxy groups -OCH3 is 1. The van der Waals surface area contributed by atoms with E-state index in [0.717, 1.165) is 6.08 Å². The summed E-state index contributed by atoms with van der Waals surface area (Å²) in [5.74, 6) is 0.181. The monoisotopic (exact) mass is 215 g/mol. The number of rotatable bonds is 3. The molecule has 0 fully saturated rings. The number of hydrogen-bond acceptors (Lipinski definition) is 3. The van der Waals surface area contributed by atoms with Gasteiger partial charge in [-0.25, -0.2) is 9.18 Å². The molecule has 74 valence electrons. The number of ether oxygens (including phenoxy) is 1. The van der Waals surface area contributed by atoms with Crippen LogP contribution in [0.5, 0.6) is 5.75 Å². The second-order valence-corrected chi connectivity index (χ2v) is 2.83. The molecule has 0 aliphatic heterocycles. The van der Waals surface area contributed by atoms with Crippen molar-refractivity contribution in [2.45, 2.75) is 6.30 Å². The summed E-state index contributed by atoms with van der Waals surface area (Å²) < 4.78 is 18.1. The molecule has 0 aromatic heterocycles. The Morgan fingerprint density at radius 1 is 1.64 bits per heavy atom. The minimum Gasteiger partial charge on any atom is -0.495 e. The van der Waals surface area contributed by atoms with Crippen molar-refractivity contribution in [3.8, 4) is 5.75 Å². The van der Waals surface area contributed by atoms with E-state index in [1.54, 1.807) is 12.1 Å². The number of hydrogen-bond donors (Lipinski definition) is 0. The Labute approximate surface area is 85.2 Å². The maximum Gasteiger partial charge on any atom is 0.238 e. The van der Waals surface area contributed by atoms with E-state index in [1.807, 2.05) is 0 Å². The van der Waals surface area contributed by atoms with Gasteiger partial charge in [0.25, 0.3) is 0 Å². The molecule has 1 aromatic carbocycles. The van der Waals surface area contributed by atoms with E-state index in [0.29, 0.717) is 0 Å². The molecule has 0 amide bonds. The molecule has 0 N–H and O–H groups in total. The van der Waals surface area contributed by atoms with E-state index in [1.165, 1.54) is 13.2 Å². The maximum absolute atomic E-state index is 13.2. The molecule has 0 bridgehead atoms. The molecule has 1 aromatic rings. The lowest BCUT2D eigenvalue weighted by atomic mass is 10.2. The van der Waals surface area contributed by atoms with Crippen molar-refractivity contribution < 1.29 is 13.9 Å². The minimum absolute atomic E-state index is 0.114. The predicted octanol–water partition coefficient (Wildman–Crippen LogP) is 2.65. The molecule has 3 nitrogen and oxygen atoms in total. The quantitative estimate of drug-likeness (QED) is 0.442. The zero-order valence-corrected chi connectivity index (χ0v) is 8.08. The average Bonchev–Trinajstić information content (AvgIpc) is 2.17. The average molecular weight is 216 g/mol. The van der Waals surface area contributed by atoms with Gasteiger partial charge >= 0.3 is 0 Å². The Bertz CT molecular complexity index is 377. The summed E-state index contributed by atoms with van der Waals surface area (Å²) in [5.41, 5.74) is 0.114. The van der Waals surface area contributed by atoms with Gasteiger partial charge in [-0.05, 0) is 6.07 Å². The number of carbonyl (C=O) groups excluding carboxylic acids is 1. The Hall–Kier alpha value is -1.38. The molecule has 0 saturated carbocycles. The number of benzene rings is 1. The third-order valence-corrected chi connectivity index (χ3v) is 1.92. The fraction of sp³-hybridized carbons (Fsp3) is 0.222. The first-order chi connectivity index (χ1) is 6.70. The van der Waals surface area contributed by atoms with E-state index in [4.69, 9.17) is 16.3 Å². The predicted molar refractivity (Wildman–Crippen MR) is 50.0 cm³/mol. The van der Waals surface area contributed by atoms with Crippen LogP contribution in [0, 0.1) is 0 Å². The van der Waals surface area contributed by atoms with Crippen LogP contribution >= 0.6 is 11.6 Å². The fourth-order valence-electron chi connectivity index (χ4n) is 1.04. The van der Waals surface area contributed by atoms with E-state index in [-0.39, 0.29) is 16.3 Å². The molecule has 0 aliphatic rings. The molecular formula is C9H7ClFNO2. The molecule has 5 heteroatoms. The van der Waals surface area contributed by atoms with Crippen LogP contribution in [-0.2, 0) is 4.79 Å². The second-order valence-electron chi connectivity index (χ2n) is 2.42. The molecule has 0 heterocycles. The number of aliphatic imine (C=N–C) groups is 1. The lowest BCUT2D eigenvalue weighted by molar-refractivity contribution is 0.334. The largest absolute Gasteiger partial charge is 0.495 e. The van der Waals surface area contributed by atoms with Crippen LogP contribution in [0.4, 0.5) is 4.39 Å². The van der Waals surface area contributed by atoms with E-state index in [2.05, 4.69) is 4.99 Å². The lowest BCUT2D eigenvalue weighted by Gasteiger charge is -2.09. The lowest BCUT2D eigenvalue weighted by Crippen LogP contribution is -1.94. The maximum atomic E-state index is 13.2. The Balaban J connectivity index is 3.19. The zero-order valence-electron chi connectivity index (χ0n) is 7.33. The van der Waals surface area contributed by atoms with Crippen LogP contribution in [-0.4, -0.2) is 13.2 Å². The number of para-hydroxylation sites is 1. The minimum atomic E-state index is -1.79. The third kappa shape index (κ3) is 2.10. The summed E-state index contributed by atoms with van der Waals surface area (Å²) in [6, 6.07) is 4.55. The number of alkyl halides is 1. The van der Waals surface area contributed by atoms with Crippen LogP contribution in [0.2, 0.25) is 5.02 Å². The Morgan fingerprint density at radius 2 is 2.36 bits per heavy atom. The first-order valence-electron chi connectivity index (χ1n) is 3.74. The molecule has 0 radical (unpaired) electrons.